The van der Waals surface area contributed by atoms with Gasteiger partial charge < -0.3 is 4.74 Å². The van der Waals surface area contributed by atoms with E-state index >= 15 is 0 Å². The summed E-state index contributed by atoms with van der Waals surface area (Å²) in [6, 6.07) is 10.6. The van der Waals surface area contributed by atoms with E-state index in [2.05, 4.69) is 0 Å². The quantitative estimate of drug-likeness (QED) is 0.772. The summed E-state index contributed by atoms with van der Waals surface area (Å²) in [5, 5.41) is 0. The van der Waals surface area contributed by atoms with Crippen LogP contribution in [0.4, 0.5) is 8.78 Å². The topological polar surface area (TPSA) is 26.3 Å². The lowest BCUT2D eigenvalue weighted by Gasteiger charge is -2.10. The van der Waals surface area contributed by atoms with Crippen LogP contribution in [0.3, 0.4) is 0 Å². The molecule has 1 heterocycles. The molecule has 2 aromatic carbocycles. The molecule has 1 aliphatic heterocycles. The van der Waals surface area contributed by atoms with Crippen molar-refractivity contribution in [1.29, 1.82) is 0 Å². The number of benzene rings is 2. The number of ether oxygens (including phenoxy) is 1. The Balaban J connectivity index is 1.86. The number of hydrogen-bond donors (Lipinski definition) is 0. The number of rotatable bonds is 2. The third kappa shape index (κ3) is 2.66. The zero-order chi connectivity index (χ0) is 15.0. The van der Waals surface area contributed by atoms with Crippen molar-refractivity contribution >= 4 is 5.97 Å². The van der Waals surface area contributed by atoms with Gasteiger partial charge in [0.1, 0.15) is 17.7 Å². The first-order valence-electron chi connectivity index (χ1n) is 6.80. The van der Waals surface area contributed by atoms with Crippen LogP contribution in [0.2, 0.25) is 0 Å². The summed E-state index contributed by atoms with van der Waals surface area (Å²) in [7, 11) is 0. The Labute approximate surface area is 121 Å². The van der Waals surface area contributed by atoms with Crippen LogP contribution in [0.1, 0.15) is 25.0 Å². The Kier molecular flexibility index (Phi) is 3.45. The molecule has 108 valence electrons. The molecule has 0 spiro atoms. The number of esters is 1. The normalized spacial score (nSPS) is 21.4. The fourth-order valence-electron chi connectivity index (χ4n) is 2.53. The molecule has 0 saturated carbocycles. The minimum Gasteiger partial charge on any atom is -0.457 e. The van der Waals surface area contributed by atoms with Crippen LogP contribution < -0.4 is 0 Å². The third-order valence-electron chi connectivity index (χ3n) is 3.75. The Morgan fingerprint density at radius 1 is 1.10 bits per heavy atom. The summed E-state index contributed by atoms with van der Waals surface area (Å²) < 4.78 is 31.9. The molecule has 2 nitrogen and oxygen atoms in total. The van der Waals surface area contributed by atoms with Crippen LogP contribution in [-0.2, 0) is 9.53 Å². The molecule has 2 aromatic rings. The van der Waals surface area contributed by atoms with Crippen molar-refractivity contribution in [3.8, 4) is 11.1 Å². The number of carbonyl (C=O) groups excluding carboxylic acids is 1. The van der Waals surface area contributed by atoms with Crippen LogP contribution in [0.15, 0.2) is 42.5 Å². The van der Waals surface area contributed by atoms with E-state index in [1.165, 1.54) is 12.1 Å². The van der Waals surface area contributed by atoms with E-state index in [1.54, 1.807) is 12.1 Å². The Morgan fingerprint density at radius 3 is 2.38 bits per heavy atom. The van der Waals surface area contributed by atoms with E-state index in [0.717, 1.165) is 11.6 Å². The van der Waals surface area contributed by atoms with Gasteiger partial charge in [-0.05, 0) is 23.3 Å². The highest BCUT2D eigenvalue weighted by molar-refractivity contribution is 5.74. The fraction of sp³-hybridized carbons (Fsp3) is 0.235. The molecule has 4 heteroatoms. The van der Waals surface area contributed by atoms with Gasteiger partial charge in [0, 0.05) is 18.1 Å². The first-order chi connectivity index (χ1) is 10.0. The van der Waals surface area contributed by atoms with Gasteiger partial charge in [0.2, 0.25) is 0 Å². The molecule has 0 N–H and O–H groups in total. The van der Waals surface area contributed by atoms with Crippen molar-refractivity contribution in [1.82, 2.24) is 0 Å². The molecule has 0 aromatic heterocycles. The van der Waals surface area contributed by atoms with Crippen molar-refractivity contribution in [3.63, 3.8) is 0 Å². The SMILES string of the molecule is CC1CC(c2ccc(-c3ccc(F)cc3F)cc2)OC1=O. The molecule has 3 rings (SSSR count). The van der Waals surface area contributed by atoms with Crippen LogP contribution in [-0.4, -0.2) is 5.97 Å². The molecule has 0 bridgehead atoms. The third-order valence-corrected chi connectivity index (χ3v) is 3.75. The molecule has 0 aliphatic carbocycles. The van der Waals surface area contributed by atoms with Gasteiger partial charge in [-0.2, -0.15) is 0 Å². The second kappa shape index (κ2) is 5.28. The zero-order valence-electron chi connectivity index (χ0n) is 11.5. The smallest absolute Gasteiger partial charge is 0.309 e. The molecule has 2 atom stereocenters. The molecular formula is C17H14F2O2. The van der Waals surface area contributed by atoms with Gasteiger partial charge >= 0.3 is 5.97 Å². The van der Waals surface area contributed by atoms with Crippen LogP contribution in [0.25, 0.3) is 11.1 Å². The van der Waals surface area contributed by atoms with E-state index in [1.807, 2.05) is 19.1 Å². The standard InChI is InChI=1S/C17H14F2O2/c1-10-8-16(21-17(10)20)12-4-2-11(3-5-12)14-7-6-13(18)9-15(14)19/h2-7,9-10,16H,8H2,1H3. The van der Waals surface area contributed by atoms with E-state index in [9.17, 15) is 13.6 Å². The van der Waals surface area contributed by atoms with Gasteiger partial charge in [-0.25, -0.2) is 8.78 Å². The highest BCUT2D eigenvalue weighted by Gasteiger charge is 2.31. The van der Waals surface area contributed by atoms with Crippen molar-refractivity contribution < 1.29 is 18.3 Å². The summed E-state index contributed by atoms with van der Waals surface area (Å²) in [4.78, 5) is 11.4. The lowest BCUT2D eigenvalue weighted by molar-refractivity contribution is -0.144. The predicted octanol–water partition coefficient (Wildman–Crippen LogP) is 4.26. The average molecular weight is 288 g/mol. The van der Waals surface area contributed by atoms with Gasteiger partial charge in [0.15, 0.2) is 0 Å². The molecule has 0 amide bonds. The molecular weight excluding hydrogens is 274 g/mol. The minimum atomic E-state index is -0.597. The van der Waals surface area contributed by atoms with E-state index in [0.29, 0.717) is 17.5 Å². The van der Waals surface area contributed by atoms with Gasteiger partial charge in [0.25, 0.3) is 0 Å². The van der Waals surface area contributed by atoms with Crippen LogP contribution in [0, 0.1) is 17.6 Å². The summed E-state index contributed by atoms with van der Waals surface area (Å²) in [6.07, 6.45) is 0.419. The van der Waals surface area contributed by atoms with Gasteiger partial charge in [-0.1, -0.05) is 31.2 Å². The average Bonchev–Trinajstić information content (AvgIpc) is 2.79. The molecule has 0 radical (unpaired) electrons. The minimum absolute atomic E-state index is 0.0933. The first-order valence-corrected chi connectivity index (χ1v) is 6.80. The highest BCUT2D eigenvalue weighted by Crippen LogP contribution is 2.34. The first kappa shape index (κ1) is 13.7. The number of hydrogen-bond acceptors (Lipinski definition) is 2. The van der Waals surface area contributed by atoms with E-state index < -0.39 is 11.6 Å². The van der Waals surface area contributed by atoms with E-state index in [4.69, 9.17) is 4.74 Å². The van der Waals surface area contributed by atoms with E-state index in [-0.39, 0.29) is 18.0 Å². The summed E-state index contributed by atoms with van der Waals surface area (Å²) >= 11 is 0. The maximum absolute atomic E-state index is 13.7. The second-order valence-corrected chi connectivity index (χ2v) is 5.31. The Morgan fingerprint density at radius 2 is 1.81 bits per heavy atom. The summed E-state index contributed by atoms with van der Waals surface area (Å²) in [5.74, 6) is -1.47. The Hall–Kier alpha value is -2.23. The maximum atomic E-state index is 13.7. The highest BCUT2D eigenvalue weighted by atomic mass is 19.1. The largest absolute Gasteiger partial charge is 0.457 e. The number of carbonyl (C=O) groups is 1. The molecule has 21 heavy (non-hydrogen) atoms. The van der Waals surface area contributed by atoms with Crippen molar-refractivity contribution in [2.24, 2.45) is 5.92 Å². The lowest BCUT2D eigenvalue weighted by Crippen LogP contribution is -2.01. The molecule has 1 aliphatic rings. The van der Waals surface area contributed by atoms with Gasteiger partial charge in [-0.15, -0.1) is 0 Å². The number of cyclic esters (lactones) is 1. The monoisotopic (exact) mass is 288 g/mol. The summed E-state index contributed by atoms with van der Waals surface area (Å²) in [6.45, 7) is 1.84. The van der Waals surface area contributed by atoms with Crippen molar-refractivity contribution in [2.75, 3.05) is 0 Å². The molecule has 1 fully saturated rings. The number of halogens is 2. The molecule has 1 saturated heterocycles. The predicted molar refractivity (Wildman–Crippen MR) is 74.4 cm³/mol. The fourth-order valence-corrected chi connectivity index (χ4v) is 2.53. The second-order valence-electron chi connectivity index (χ2n) is 5.31. The zero-order valence-corrected chi connectivity index (χ0v) is 11.5. The Bertz CT molecular complexity index is 680. The van der Waals surface area contributed by atoms with Gasteiger partial charge in [-0.3, -0.25) is 4.79 Å². The summed E-state index contributed by atoms with van der Waals surface area (Å²) in [5.41, 5.74) is 1.90. The van der Waals surface area contributed by atoms with Gasteiger partial charge in [0.05, 0.1) is 5.92 Å². The lowest BCUT2D eigenvalue weighted by atomic mass is 9.98. The van der Waals surface area contributed by atoms with Crippen molar-refractivity contribution in [2.45, 2.75) is 19.4 Å². The van der Waals surface area contributed by atoms with Crippen LogP contribution >= 0.6 is 0 Å². The van der Waals surface area contributed by atoms with Crippen LogP contribution in [0.5, 0.6) is 0 Å². The van der Waals surface area contributed by atoms with Crippen molar-refractivity contribution in [3.05, 3.63) is 59.7 Å². The maximum Gasteiger partial charge on any atom is 0.309 e. The molecule has 2 unspecified atom stereocenters.